The summed E-state index contributed by atoms with van der Waals surface area (Å²) in [5.41, 5.74) is 0. The Hall–Kier alpha value is -1.53. The first kappa shape index (κ1) is 15.5. The van der Waals surface area contributed by atoms with Crippen molar-refractivity contribution in [1.29, 1.82) is 0 Å². The minimum absolute atomic E-state index is 0.163. The van der Waals surface area contributed by atoms with E-state index in [-0.39, 0.29) is 6.04 Å². The Morgan fingerprint density at radius 1 is 1.47 bits per heavy atom. The molecule has 0 amide bonds. The molecule has 0 radical (unpaired) electrons. The molecule has 1 atom stereocenters. The van der Waals surface area contributed by atoms with Gasteiger partial charge in [0, 0.05) is 27.2 Å². The quantitative estimate of drug-likeness (QED) is 0.433. The van der Waals surface area contributed by atoms with Crippen molar-refractivity contribution in [3.63, 3.8) is 0 Å². The second kappa shape index (κ2) is 8.55. The highest BCUT2D eigenvalue weighted by Crippen LogP contribution is 2.17. The number of guanidine groups is 1. The predicted octanol–water partition coefficient (Wildman–Crippen LogP) is 0.694. The van der Waals surface area contributed by atoms with Crippen molar-refractivity contribution in [3.8, 4) is 0 Å². The maximum Gasteiger partial charge on any atom is 0.191 e. The van der Waals surface area contributed by atoms with Gasteiger partial charge in [-0.3, -0.25) is 9.89 Å². The number of hydrogen-bond acceptors (Lipinski definition) is 4. The van der Waals surface area contributed by atoms with Crippen LogP contribution in [0.25, 0.3) is 0 Å². The smallest absolute Gasteiger partial charge is 0.191 e. The van der Waals surface area contributed by atoms with Crippen LogP contribution < -0.4 is 10.6 Å². The molecule has 108 valence electrons. The Balaban J connectivity index is 2.47. The van der Waals surface area contributed by atoms with E-state index in [0.29, 0.717) is 13.2 Å². The number of furan rings is 1. The molecule has 0 aliphatic heterocycles. The number of nitrogens with one attached hydrogen (secondary N) is 2. The molecule has 1 aromatic rings. The minimum atomic E-state index is 0.163. The van der Waals surface area contributed by atoms with Crippen molar-refractivity contribution in [2.24, 2.45) is 4.99 Å². The van der Waals surface area contributed by atoms with Crippen LogP contribution in [-0.2, 0) is 4.74 Å². The summed E-state index contributed by atoms with van der Waals surface area (Å²) in [6, 6.07) is 4.04. The summed E-state index contributed by atoms with van der Waals surface area (Å²) in [5.74, 6) is 1.69. The van der Waals surface area contributed by atoms with Gasteiger partial charge in [-0.1, -0.05) is 0 Å². The summed E-state index contributed by atoms with van der Waals surface area (Å²) in [6.07, 6.45) is 1.69. The lowest BCUT2D eigenvalue weighted by Crippen LogP contribution is -2.42. The van der Waals surface area contributed by atoms with Gasteiger partial charge in [0.25, 0.3) is 0 Å². The van der Waals surface area contributed by atoms with E-state index < -0.39 is 0 Å². The SMILES string of the molecule is CN=C(NCCOC)NCC(c1ccco1)N(C)C. The maximum atomic E-state index is 5.46. The predicted molar refractivity (Wildman–Crippen MR) is 76.4 cm³/mol. The zero-order valence-electron chi connectivity index (χ0n) is 12.1. The molecule has 1 rings (SSSR count). The van der Waals surface area contributed by atoms with Gasteiger partial charge in [0.2, 0.25) is 0 Å². The van der Waals surface area contributed by atoms with Crippen molar-refractivity contribution >= 4 is 5.96 Å². The zero-order valence-corrected chi connectivity index (χ0v) is 12.1. The van der Waals surface area contributed by atoms with E-state index in [1.165, 1.54) is 0 Å². The second-order valence-corrected chi connectivity index (χ2v) is 4.37. The summed E-state index contributed by atoms with van der Waals surface area (Å²) < 4.78 is 10.5. The Morgan fingerprint density at radius 2 is 2.26 bits per heavy atom. The van der Waals surface area contributed by atoms with E-state index in [9.17, 15) is 0 Å². The molecule has 1 heterocycles. The van der Waals surface area contributed by atoms with Crippen molar-refractivity contribution in [2.45, 2.75) is 6.04 Å². The molecule has 0 saturated heterocycles. The number of rotatable bonds is 7. The number of hydrogen-bond donors (Lipinski definition) is 2. The molecule has 19 heavy (non-hydrogen) atoms. The molecule has 0 fully saturated rings. The van der Waals surface area contributed by atoms with Crippen molar-refractivity contribution in [3.05, 3.63) is 24.2 Å². The van der Waals surface area contributed by atoms with Crippen molar-refractivity contribution in [2.75, 3.05) is 47.9 Å². The van der Waals surface area contributed by atoms with Gasteiger partial charge in [-0.25, -0.2) is 0 Å². The van der Waals surface area contributed by atoms with Crippen LogP contribution in [-0.4, -0.2) is 58.8 Å². The monoisotopic (exact) mass is 268 g/mol. The normalized spacial score (nSPS) is 13.6. The van der Waals surface area contributed by atoms with Gasteiger partial charge in [0.1, 0.15) is 5.76 Å². The average Bonchev–Trinajstić information content (AvgIpc) is 2.90. The lowest BCUT2D eigenvalue weighted by atomic mass is 10.2. The molecule has 0 bridgehead atoms. The molecule has 0 aliphatic carbocycles. The highest BCUT2D eigenvalue weighted by atomic mass is 16.5. The molecule has 1 aromatic heterocycles. The molecule has 6 heteroatoms. The van der Waals surface area contributed by atoms with Crippen LogP contribution in [0.3, 0.4) is 0 Å². The van der Waals surface area contributed by atoms with Gasteiger partial charge >= 0.3 is 0 Å². The van der Waals surface area contributed by atoms with Crippen LogP contribution >= 0.6 is 0 Å². The highest BCUT2D eigenvalue weighted by Gasteiger charge is 2.16. The number of aliphatic imine (C=N–C) groups is 1. The third-order valence-corrected chi connectivity index (χ3v) is 2.78. The average molecular weight is 268 g/mol. The fraction of sp³-hybridized carbons (Fsp3) is 0.615. The number of nitrogens with zero attached hydrogens (tertiary/aromatic N) is 2. The van der Waals surface area contributed by atoms with Crippen LogP contribution in [0.4, 0.5) is 0 Å². The summed E-state index contributed by atoms with van der Waals surface area (Å²) in [4.78, 5) is 6.27. The van der Waals surface area contributed by atoms with Gasteiger partial charge in [0.05, 0.1) is 18.9 Å². The summed E-state index contributed by atoms with van der Waals surface area (Å²) in [6.45, 7) is 2.09. The molecule has 2 N–H and O–H groups in total. The fourth-order valence-corrected chi connectivity index (χ4v) is 1.70. The first-order valence-corrected chi connectivity index (χ1v) is 6.32. The second-order valence-electron chi connectivity index (χ2n) is 4.37. The van der Waals surface area contributed by atoms with Crippen molar-refractivity contribution in [1.82, 2.24) is 15.5 Å². The maximum absolute atomic E-state index is 5.46. The minimum Gasteiger partial charge on any atom is -0.468 e. The third kappa shape index (κ3) is 5.32. The Morgan fingerprint density at radius 3 is 2.79 bits per heavy atom. The van der Waals surface area contributed by atoms with Gasteiger partial charge in [0.15, 0.2) is 5.96 Å². The molecule has 0 saturated carbocycles. The third-order valence-electron chi connectivity index (χ3n) is 2.78. The van der Waals surface area contributed by atoms with E-state index in [0.717, 1.165) is 18.3 Å². The number of ether oxygens (including phenoxy) is 1. The van der Waals surface area contributed by atoms with Crippen LogP contribution in [0.15, 0.2) is 27.8 Å². The van der Waals surface area contributed by atoms with Gasteiger partial charge in [-0.05, 0) is 26.2 Å². The molecule has 1 unspecified atom stereocenters. The van der Waals surface area contributed by atoms with Crippen LogP contribution in [0, 0.1) is 0 Å². The topological polar surface area (TPSA) is 62.0 Å². The van der Waals surface area contributed by atoms with E-state index in [1.807, 2.05) is 26.2 Å². The lowest BCUT2D eigenvalue weighted by molar-refractivity contribution is 0.203. The molecule has 6 nitrogen and oxygen atoms in total. The zero-order chi connectivity index (χ0) is 14.1. The Labute approximate surface area is 114 Å². The molecular weight excluding hydrogens is 244 g/mol. The van der Waals surface area contributed by atoms with Gasteiger partial charge < -0.3 is 19.8 Å². The number of likely N-dealkylation sites (N-methyl/N-ethyl adjacent to an activating group) is 1. The summed E-state index contributed by atoms with van der Waals surface area (Å²) >= 11 is 0. The summed E-state index contributed by atoms with van der Waals surface area (Å²) in [5, 5.41) is 6.45. The van der Waals surface area contributed by atoms with E-state index >= 15 is 0 Å². The van der Waals surface area contributed by atoms with Crippen molar-refractivity contribution < 1.29 is 9.15 Å². The van der Waals surface area contributed by atoms with Crippen LogP contribution in [0.1, 0.15) is 11.8 Å². The van der Waals surface area contributed by atoms with Crippen LogP contribution in [0.5, 0.6) is 0 Å². The van der Waals surface area contributed by atoms with E-state index in [1.54, 1.807) is 20.4 Å². The van der Waals surface area contributed by atoms with E-state index in [4.69, 9.17) is 9.15 Å². The molecule has 0 aliphatic rings. The Kier molecular flexibility index (Phi) is 6.99. The molecule has 0 aromatic carbocycles. The standard InChI is InChI=1S/C13H24N4O2/c1-14-13(15-7-9-18-4)16-10-11(17(2)3)12-6-5-8-19-12/h5-6,8,11H,7,9-10H2,1-4H3,(H2,14,15,16). The number of methoxy groups -OCH3 is 1. The fourth-order valence-electron chi connectivity index (χ4n) is 1.70. The Bertz CT molecular complexity index is 363. The van der Waals surface area contributed by atoms with Crippen LogP contribution in [0.2, 0.25) is 0 Å². The lowest BCUT2D eigenvalue weighted by Gasteiger charge is -2.23. The largest absolute Gasteiger partial charge is 0.468 e. The first-order chi connectivity index (χ1) is 9.19. The summed E-state index contributed by atoms with van der Waals surface area (Å²) in [7, 11) is 7.47. The van der Waals surface area contributed by atoms with E-state index in [2.05, 4.69) is 20.5 Å². The molecular formula is C13H24N4O2. The first-order valence-electron chi connectivity index (χ1n) is 6.32. The van der Waals surface area contributed by atoms with Gasteiger partial charge in [-0.15, -0.1) is 0 Å². The molecule has 0 spiro atoms. The van der Waals surface area contributed by atoms with Gasteiger partial charge in [-0.2, -0.15) is 0 Å². The highest BCUT2D eigenvalue weighted by molar-refractivity contribution is 5.79.